The number of aryl methyl sites for hydroxylation is 1. The molecule has 0 aromatic heterocycles. The Kier molecular flexibility index (Phi) is 5.04. The van der Waals surface area contributed by atoms with E-state index in [0.717, 1.165) is 0 Å². The van der Waals surface area contributed by atoms with Gasteiger partial charge in [-0.15, -0.1) is 0 Å². The molecule has 0 fully saturated rings. The molecule has 1 aromatic rings. The van der Waals surface area contributed by atoms with Crippen molar-refractivity contribution in [2.75, 3.05) is 0 Å². The summed E-state index contributed by atoms with van der Waals surface area (Å²) in [5.74, 6) is -1.57. The minimum atomic E-state index is -1.36. The standard InChI is InChI=1S/C8H8O3.K/c1-5-3-2-4-6(7(5)9)8(10)11;/h2-4,9H,1H3,(H,10,11);/q;+1/p-1. The SMILES string of the molecule is Cc1cccc(C(=O)[O-])c1O.[K+]. The van der Waals surface area contributed by atoms with Gasteiger partial charge in [0, 0.05) is 5.56 Å². The number of rotatable bonds is 1. The van der Waals surface area contributed by atoms with Crippen LogP contribution < -0.4 is 56.5 Å². The van der Waals surface area contributed by atoms with Crippen LogP contribution in [0.3, 0.4) is 0 Å². The van der Waals surface area contributed by atoms with Crippen LogP contribution >= 0.6 is 0 Å². The average molecular weight is 190 g/mol. The second kappa shape index (κ2) is 4.99. The summed E-state index contributed by atoms with van der Waals surface area (Å²) in [7, 11) is 0. The summed E-state index contributed by atoms with van der Waals surface area (Å²) in [6.07, 6.45) is 0. The van der Waals surface area contributed by atoms with Crippen molar-refractivity contribution in [2.45, 2.75) is 6.92 Å². The van der Waals surface area contributed by atoms with Crippen LogP contribution in [0.2, 0.25) is 0 Å². The normalized spacial score (nSPS) is 8.75. The maximum Gasteiger partial charge on any atom is 1.00 e. The average Bonchev–Trinajstić information content (AvgIpc) is 1.94. The molecule has 0 radical (unpaired) electrons. The topological polar surface area (TPSA) is 60.4 Å². The molecule has 58 valence electrons. The van der Waals surface area contributed by atoms with Crippen LogP contribution in [-0.2, 0) is 0 Å². The fourth-order valence-electron chi connectivity index (χ4n) is 0.824. The molecule has 0 saturated carbocycles. The van der Waals surface area contributed by atoms with Crippen molar-refractivity contribution in [3.8, 4) is 5.75 Å². The van der Waals surface area contributed by atoms with Crippen molar-refractivity contribution in [2.24, 2.45) is 0 Å². The molecule has 1 aromatic carbocycles. The molecule has 0 aliphatic rings. The molecule has 0 heterocycles. The van der Waals surface area contributed by atoms with Crippen LogP contribution in [0.15, 0.2) is 18.2 Å². The first-order valence-corrected chi connectivity index (χ1v) is 3.13. The van der Waals surface area contributed by atoms with Gasteiger partial charge in [-0.1, -0.05) is 12.1 Å². The Morgan fingerprint density at radius 3 is 2.50 bits per heavy atom. The molecule has 0 atom stereocenters. The zero-order valence-electron chi connectivity index (χ0n) is 7.00. The zero-order chi connectivity index (χ0) is 8.43. The second-order valence-electron chi connectivity index (χ2n) is 2.26. The van der Waals surface area contributed by atoms with Gasteiger partial charge < -0.3 is 15.0 Å². The first kappa shape index (κ1) is 12.1. The number of aromatic hydroxyl groups is 1. The van der Waals surface area contributed by atoms with Gasteiger partial charge in [0.2, 0.25) is 0 Å². The molecule has 0 unspecified atom stereocenters. The van der Waals surface area contributed by atoms with Crippen LogP contribution in [0.1, 0.15) is 15.9 Å². The van der Waals surface area contributed by atoms with E-state index in [0.29, 0.717) is 5.56 Å². The maximum absolute atomic E-state index is 10.3. The van der Waals surface area contributed by atoms with Crippen molar-refractivity contribution in [3.05, 3.63) is 29.3 Å². The summed E-state index contributed by atoms with van der Waals surface area (Å²) in [4.78, 5) is 10.3. The Morgan fingerprint density at radius 1 is 1.50 bits per heavy atom. The van der Waals surface area contributed by atoms with E-state index in [1.807, 2.05) is 0 Å². The molecular weight excluding hydrogens is 183 g/mol. The Labute approximate surface area is 113 Å². The van der Waals surface area contributed by atoms with E-state index < -0.39 is 5.97 Å². The van der Waals surface area contributed by atoms with Crippen LogP contribution in [0.5, 0.6) is 5.75 Å². The Morgan fingerprint density at radius 2 is 2.08 bits per heavy atom. The number of carboxylic acids is 1. The van der Waals surface area contributed by atoms with Gasteiger partial charge >= 0.3 is 51.4 Å². The monoisotopic (exact) mass is 190 g/mol. The second-order valence-corrected chi connectivity index (χ2v) is 2.26. The molecule has 4 heteroatoms. The number of hydrogen-bond acceptors (Lipinski definition) is 3. The number of benzene rings is 1. The van der Waals surface area contributed by atoms with E-state index in [9.17, 15) is 9.90 Å². The third-order valence-corrected chi connectivity index (χ3v) is 1.46. The smallest absolute Gasteiger partial charge is 0.545 e. The van der Waals surface area contributed by atoms with Crippen LogP contribution in [-0.4, -0.2) is 11.1 Å². The summed E-state index contributed by atoms with van der Waals surface area (Å²) in [6.45, 7) is 1.63. The van der Waals surface area contributed by atoms with E-state index in [1.54, 1.807) is 19.1 Å². The number of aromatic carboxylic acids is 1. The molecular formula is C8H7KO3. The van der Waals surface area contributed by atoms with Crippen molar-refractivity contribution < 1.29 is 66.4 Å². The van der Waals surface area contributed by atoms with E-state index >= 15 is 0 Å². The number of carbonyl (C=O) groups is 1. The number of carboxylic acid groups (broad SMARTS) is 1. The molecule has 0 amide bonds. The van der Waals surface area contributed by atoms with Gasteiger partial charge in [0.25, 0.3) is 0 Å². The molecule has 1 rings (SSSR count). The summed E-state index contributed by atoms with van der Waals surface area (Å²) in [6, 6.07) is 4.49. The first-order valence-electron chi connectivity index (χ1n) is 3.13. The number of carbonyl (C=O) groups excluding carboxylic acids is 1. The van der Waals surface area contributed by atoms with Crippen molar-refractivity contribution in [3.63, 3.8) is 0 Å². The molecule has 1 N–H and O–H groups in total. The van der Waals surface area contributed by atoms with Crippen LogP contribution in [0.4, 0.5) is 0 Å². The zero-order valence-corrected chi connectivity index (χ0v) is 10.1. The van der Waals surface area contributed by atoms with Gasteiger partial charge in [0.05, 0.1) is 5.97 Å². The number of hydrogen-bond donors (Lipinski definition) is 1. The third kappa shape index (κ3) is 2.57. The maximum atomic E-state index is 10.3. The van der Waals surface area contributed by atoms with Crippen molar-refractivity contribution in [1.29, 1.82) is 0 Å². The molecule has 0 aliphatic heterocycles. The molecule has 0 bridgehead atoms. The van der Waals surface area contributed by atoms with Gasteiger partial charge in [-0.05, 0) is 18.6 Å². The number of phenols is 1. The van der Waals surface area contributed by atoms with E-state index in [4.69, 9.17) is 5.11 Å². The Bertz CT molecular complexity index is 296. The Balaban J connectivity index is 0.00000121. The largest absolute Gasteiger partial charge is 1.00 e. The summed E-state index contributed by atoms with van der Waals surface area (Å²) in [5.41, 5.74) is 0.372. The van der Waals surface area contributed by atoms with Gasteiger partial charge in [-0.2, -0.15) is 0 Å². The minimum absolute atomic E-state index is 0. The summed E-state index contributed by atoms with van der Waals surface area (Å²) >= 11 is 0. The predicted molar refractivity (Wildman–Crippen MR) is 37.2 cm³/mol. The fourth-order valence-corrected chi connectivity index (χ4v) is 0.824. The quantitative estimate of drug-likeness (QED) is 0.482. The third-order valence-electron chi connectivity index (χ3n) is 1.46. The molecule has 3 nitrogen and oxygen atoms in total. The van der Waals surface area contributed by atoms with E-state index in [1.165, 1.54) is 6.07 Å². The molecule has 0 saturated heterocycles. The Hall–Kier alpha value is 0.126. The van der Waals surface area contributed by atoms with Crippen molar-refractivity contribution in [1.82, 2.24) is 0 Å². The first-order chi connectivity index (χ1) is 5.13. The summed E-state index contributed by atoms with van der Waals surface area (Å²) in [5, 5.41) is 19.4. The van der Waals surface area contributed by atoms with Crippen LogP contribution in [0, 0.1) is 6.92 Å². The molecule has 12 heavy (non-hydrogen) atoms. The minimum Gasteiger partial charge on any atom is -0.545 e. The fraction of sp³-hybridized carbons (Fsp3) is 0.125. The molecule has 0 aliphatic carbocycles. The summed E-state index contributed by atoms with van der Waals surface area (Å²) < 4.78 is 0. The van der Waals surface area contributed by atoms with E-state index in [2.05, 4.69) is 0 Å². The van der Waals surface area contributed by atoms with Crippen LogP contribution in [0.25, 0.3) is 0 Å². The molecule has 0 spiro atoms. The van der Waals surface area contributed by atoms with Gasteiger partial charge in [-0.3, -0.25) is 0 Å². The number of para-hydroxylation sites is 1. The predicted octanol–water partition coefficient (Wildman–Crippen LogP) is -2.93. The van der Waals surface area contributed by atoms with E-state index in [-0.39, 0.29) is 62.7 Å². The van der Waals surface area contributed by atoms with Gasteiger partial charge in [0.15, 0.2) is 0 Å². The van der Waals surface area contributed by atoms with Gasteiger partial charge in [-0.25, -0.2) is 0 Å². The van der Waals surface area contributed by atoms with Gasteiger partial charge in [0.1, 0.15) is 5.75 Å². The van der Waals surface area contributed by atoms with Crippen molar-refractivity contribution >= 4 is 5.97 Å².